The summed E-state index contributed by atoms with van der Waals surface area (Å²) in [6, 6.07) is 17.5. The third-order valence-corrected chi connectivity index (χ3v) is 3.07. The smallest absolute Gasteiger partial charge is 0.345 e. The zero-order valence-corrected chi connectivity index (χ0v) is 11.6. The largest absolute Gasteiger partial charge is 0.478 e. The highest BCUT2D eigenvalue weighted by atomic mass is 16.5. The first-order chi connectivity index (χ1) is 9.58. The van der Waals surface area contributed by atoms with Crippen molar-refractivity contribution in [3.63, 3.8) is 0 Å². The molecule has 0 aliphatic carbocycles. The average Bonchev–Trinajstić information content (AvgIpc) is 2.45. The van der Waals surface area contributed by atoms with E-state index in [0.29, 0.717) is 5.75 Å². The molecule has 0 bridgehead atoms. The van der Waals surface area contributed by atoms with Crippen LogP contribution in [0.2, 0.25) is 0 Å². The minimum absolute atomic E-state index is 0.0821. The Balaban J connectivity index is 2.14. The molecule has 1 N–H and O–H groups in total. The van der Waals surface area contributed by atoms with Crippen LogP contribution in [0, 0.1) is 5.92 Å². The molecule has 0 saturated heterocycles. The van der Waals surface area contributed by atoms with Gasteiger partial charge in [0.15, 0.2) is 6.10 Å². The second-order valence-electron chi connectivity index (χ2n) is 5.01. The summed E-state index contributed by atoms with van der Waals surface area (Å²) in [4.78, 5) is 11.1. The Morgan fingerprint density at radius 3 is 2.00 bits per heavy atom. The number of ether oxygens (including phenoxy) is 1. The highest BCUT2D eigenvalue weighted by Crippen LogP contribution is 2.23. The van der Waals surface area contributed by atoms with E-state index in [2.05, 4.69) is 0 Å². The quantitative estimate of drug-likeness (QED) is 0.897. The van der Waals surface area contributed by atoms with Gasteiger partial charge in [0.2, 0.25) is 0 Å². The first kappa shape index (κ1) is 14.1. The van der Waals surface area contributed by atoms with E-state index in [1.807, 2.05) is 56.3 Å². The third kappa shape index (κ3) is 3.38. The molecule has 0 fully saturated rings. The van der Waals surface area contributed by atoms with Crippen LogP contribution in [-0.2, 0) is 4.79 Å². The number of rotatable bonds is 5. The molecule has 2 rings (SSSR count). The lowest BCUT2D eigenvalue weighted by Gasteiger charge is -2.18. The highest BCUT2D eigenvalue weighted by Gasteiger charge is 2.23. The molecule has 1 atom stereocenters. The molecule has 3 heteroatoms. The van der Waals surface area contributed by atoms with E-state index in [1.165, 1.54) is 0 Å². The standard InChI is InChI=1S/C17H18O3/c1-12(2)16(17(18)19)20-15-10-8-14(9-11-15)13-6-4-3-5-7-13/h3-12,16H,1-2H3,(H,18,19). The Morgan fingerprint density at radius 2 is 1.50 bits per heavy atom. The number of aliphatic carboxylic acids is 1. The van der Waals surface area contributed by atoms with E-state index < -0.39 is 12.1 Å². The molecule has 3 nitrogen and oxygen atoms in total. The molecule has 0 radical (unpaired) electrons. The van der Waals surface area contributed by atoms with Gasteiger partial charge in [0, 0.05) is 5.92 Å². The summed E-state index contributed by atoms with van der Waals surface area (Å²) in [5.41, 5.74) is 2.20. The second kappa shape index (κ2) is 6.24. The summed E-state index contributed by atoms with van der Waals surface area (Å²) < 4.78 is 5.53. The summed E-state index contributed by atoms with van der Waals surface area (Å²) in [5.74, 6) is -0.445. The molecule has 0 amide bonds. The Hall–Kier alpha value is -2.29. The Labute approximate surface area is 118 Å². The fourth-order valence-corrected chi connectivity index (χ4v) is 1.97. The molecule has 0 saturated carbocycles. The van der Waals surface area contributed by atoms with Crippen molar-refractivity contribution in [1.29, 1.82) is 0 Å². The van der Waals surface area contributed by atoms with Crippen molar-refractivity contribution < 1.29 is 14.6 Å². The minimum atomic E-state index is -0.938. The van der Waals surface area contributed by atoms with Crippen molar-refractivity contribution in [2.75, 3.05) is 0 Å². The van der Waals surface area contributed by atoms with E-state index in [9.17, 15) is 4.79 Å². The van der Waals surface area contributed by atoms with Gasteiger partial charge in [-0.1, -0.05) is 56.3 Å². The lowest BCUT2D eigenvalue weighted by molar-refractivity contribution is -0.147. The van der Waals surface area contributed by atoms with Crippen LogP contribution < -0.4 is 4.74 Å². The van der Waals surface area contributed by atoms with Gasteiger partial charge >= 0.3 is 5.97 Å². The van der Waals surface area contributed by atoms with Crippen LogP contribution >= 0.6 is 0 Å². The normalized spacial score (nSPS) is 12.2. The SMILES string of the molecule is CC(C)C(Oc1ccc(-c2ccccc2)cc1)C(=O)O. The minimum Gasteiger partial charge on any atom is -0.478 e. The van der Waals surface area contributed by atoms with Crippen molar-refractivity contribution in [3.8, 4) is 16.9 Å². The van der Waals surface area contributed by atoms with Gasteiger partial charge in [-0.15, -0.1) is 0 Å². The van der Waals surface area contributed by atoms with E-state index >= 15 is 0 Å². The number of carboxylic acids is 1. The first-order valence-electron chi connectivity index (χ1n) is 6.63. The molecule has 0 aliphatic heterocycles. The number of hydrogen-bond donors (Lipinski definition) is 1. The zero-order chi connectivity index (χ0) is 14.5. The van der Waals surface area contributed by atoms with Gasteiger partial charge in [0.05, 0.1) is 0 Å². The van der Waals surface area contributed by atoms with Gasteiger partial charge in [-0.05, 0) is 23.3 Å². The monoisotopic (exact) mass is 270 g/mol. The van der Waals surface area contributed by atoms with Crippen molar-refractivity contribution >= 4 is 5.97 Å². The summed E-state index contributed by atoms with van der Waals surface area (Å²) in [6.07, 6.45) is -0.822. The molecule has 2 aromatic rings. The molecule has 0 aromatic heterocycles. The molecule has 0 spiro atoms. The summed E-state index contributed by atoms with van der Waals surface area (Å²) in [6.45, 7) is 3.66. The molecule has 0 heterocycles. The molecular weight excluding hydrogens is 252 g/mol. The van der Waals surface area contributed by atoms with Crippen LogP contribution in [0.4, 0.5) is 0 Å². The van der Waals surface area contributed by atoms with Crippen molar-refractivity contribution in [2.45, 2.75) is 20.0 Å². The van der Waals surface area contributed by atoms with E-state index in [0.717, 1.165) is 11.1 Å². The van der Waals surface area contributed by atoms with E-state index in [1.54, 1.807) is 12.1 Å². The zero-order valence-electron chi connectivity index (χ0n) is 11.6. The van der Waals surface area contributed by atoms with Crippen molar-refractivity contribution in [3.05, 3.63) is 54.6 Å². The van der Waals surface area contributed by atoms with Gasteiger partial charge in [0.25, 0.3) is 0 Å². The number of benzene rings is 2. The number of hydrogen-bond acceptors (Lipinski definition) is 2. The van der Waals surface area contributed by atoms with Crippen molar-refractivity contribution in [1.82, 2.24) is 0 Å². The predicted molar refractivity (Wildman–Crippen MR) is 78.8 cm³/mol. The number of carboxylic acid groups (broad SMARTS) is 1. The van der Waals surface area contributed by atoms with Crippen LogP contribution in [0.1, 0.15) is 13.8 Å². The van der Waals surface area contributed by atoms with Gasteiger partial charge < -0.3 is 9.84 Å². The highest BCUT2D eigenvalue weighted by molar-refractivity contribution is 5.73. The summed E-state index contributed by atoms with van der Waals surface area (Å²) in [5, 5.41) is 9.11. The maximum absolute atomic E-state index is 11.1. The fraction of sp³-hybridized carbons (Fsp3) is 0.235. The second-order valence-corrected chi connectivity index (χ2v) is 5.01. The Bertz CT molecular complexity index is 559. The lowest BCUT2D eigenvalue weighted by atomic mass is 10.1. The first-order valence-corrected chi connectivity index (χ1v) is 6.63. The lowest BCUT2D eigenvalue weighted by Crippen LogP contribution is -2.32. The van der Waals surface area contributed by atoms with Crippen LogP contribution in [0.5, 0.6) is 5.75 Å². The molecule has 1 unspecified atom stereocenters. The molecule has 0 aliphatic rings. The van der Waals surface area contributed by atoms with Crippen LogP contribution in [0.25, 0.3) is 11.1 Å². The van der Waals surface area contributed by atoms with Gasteiger partial charge in [-0.2, -0.15) is 0 Å². The summed E-state index contributed by atoms with van der Waals surface area (Å²) in [7, 11) is 0. The third-order valence-electron chi connectivity index (χ3n) is 3.07. The van der Waals surface area contributed by atoms with Crippen LogP contribution in [-0.4, -0.2) is 17.2 Å². The molecule has 104 valence electrons. The maximum Gasteiger partial charge on any atom is 0.345 e. The Kier molecular flexibility index (Phi) is 4.41. The molecule has 2 aromatic carbocycles. The topological polar surface area (TPSA) is 46.5 Å². The average molecular weight is 270 g/mol. The predicted octanol–water partition coefficient (Wildman–Crippen LogP) is 3.84. The fourth-order valence-electron chi connectivity index (χ4n) is 1.97. The maximum atomic E-state index is 11.1. The number of carbonyl (C=O) groups is 1. The van der Waals surface area contributed by atoms with Crippen LogP contribution in [0.15, 0.2) is 54.6 Å². The van der Waals surface area contributed by atoms with E-state index in [-0.39, 0.29) is 5.92 Å². The Morgan fingerprint density at radius 1 is 0.950 bits per heavy atom. The van der Waals surface area contributed by atoms with Gasteiger partial charge in [-0.3, -0.25) is 0 Å². The van der Waals surface area contributed by atoms with Gasteiger partial charge in [0.1, 0.15) is 5.75 Å². The van der Waals surface area contributed by atoms with Crippen molar-refractivity contribution in [2.24, 2.45) is 5.92 Å². The molecule has 20 heavy (non-hydrogen) atoms. The van der Waals surface area contributed by atoms with Gasteiger partial charge in [-0.25, -0.2) is 4.79 Å². The van der Waals surface area contributed by atoms with Crippen LogP contribution in [0.3, 0.4) is 0 Å². The van der Waals surface area contributed by atoms with E-state index in [4.69, 9.17) is 9.84 Å². The summed E-state index contributed by atoms with van der Waals surface area (Å²) >= 11 is 0. The molecular formula is C17H18O3.